The van der Waals surface area contributed by atoms with E-state index in [0.717, 1.165) is 11.4 Å². The Kier molecular flexibility index (Phi) is 8.94. The van der Waals surface area contributed by atoms with Gasteiger partial charge in [0, 0.05) is 28.6 Å². The second-order valence-electron chi connectivity index (χ2n) is 9.36. The topological polar surface area (TPSA) is 90.9 Å². The zero-order valence-corrected chi connectivity index (χ0v) is 22.9. The van der Waals surface area contributed by atoms with Gasteiger partial charge < -0.3 is 19.5 Å². The monoisotopic (exact) mass is 535 g/mol. The van der Waals surface area contributed by atoms with E-state index in [4.69, 9.17) is 14.2 Å². The summed E-state index contributed by atoms with van der Waals surface area (Å²) in [5.41, 5.74) is 2.81. The van der Waals surface area contributed by atoms with E-state index in [-0.39, 0.29) is 18.3 Å². The molecule has 0 unspecified atom stereocenters. The van der Waals surface area contributed by atoms with Crippen molar-refractivity contribution in [3.63, 3.8) is 0 Å². The Balaban J connectivity index is 1.77. The SMILES string of the molecule is CCSCCOC(=O)C1=C(C)NC2=C(C(=O)[C@@H](C(=O)OC)[C@H](C)C2)[C@H]1c1cccc(Oc2ccccc2)c1. The number of carbonyl (C=O) groups is 3. The fraction of sp³-hybridized carbons (Fsp3) is 0.367. The number of dihydropyridines is 1. The van der Waals surface area contributed by atoms with Gasteiger partial charge in [0.2, 0.25) is 0 Å². The van der Waals surface area contributed by atoms with E-state index in [2.05, 4.69) is 5.32 Å². The molecule has 8 heteroatoms. The minimum atomic E-state index is -0.941. The molecule has 1 aliphatic carbocycles. The number of nitrogens with one attached hydrogen (secondary N) is 1. The summed E-state index contributed by atoms with van der Waals surface area (Å²) < 4.78 is 16.7. The predicted octanol–water partition coefficient (Wildman–Crippen LogP) is 5.39. The van der Waals surface area contributed by atoms with Gasteiger partial charge in [-0.1, -0.05) is 44.2 Å². The smallest absolute Gasteiger partial charge is 0.336 e. The van der Waals surface area contributed by atoms with Crippen molar-refractivity contribution in [3.05, 3.63) is 82.7 Å². The highest BCUT2D eigenvalue weighted by atomic mass is 32.2. The summed E-state index contributed by atoms with van der Waals surface area (Å²) in [7, 11) is 1.29. The second-order valence-corrected chi connectivity index (χ2v) is 10.7. The number of benzene rings is 2. The van der Waals surface area contributed by atoms with Crippen LogP contribution in [0.2, 0.25) is 0 Å². The fourth-order valence-electron chi connectivity index (χ4n) is 5.08. The first kappa shape index (κ1) is 27.5. The Morgan fingerprint density at radius 3 is 2.53 bits per heavy atom. The molecule has 0 aromatic heterocycles. The molecule has 7 nitrogen and oxygen atoms in total. The van der Waals surface area contributed by atoms with Gasteiger partial charge in [0.15, 0.2) is 5.78 Å². The van der Waals surface area contributed by atoms with E-state index in [0.29, 0.717) is 46.1 Å². The minimum absolute atomic E-state index is 0.248. The highest BCUT2D eigenvalue weighted by molar-refractivity contribution is 7.99. The van der Waals surface area contributed by atoms with E-state index >= 15 is 0 Å². The molecule has 1 N–H and O–H groups in total. The first-order valence-electron chi connectivity index (χ1n) is 12.8. The quantitative estimate of drug-likeness (QED) is 0.260. The molecule has 2 aromatic carbocycles. The average Bonchev–Trinajstić information content (AvgIpc) is 2.90. The summed E-state index contributed by atoms with van der Waals surface area (Å²) >= 11 is 1.68. The molecule has 0 fully saturated rings. The minimum Gasteiger partial charge on any atom is -0.468 e. The van der Waals surface area contributed by atoms with Gasteiger partial charge in [0.25, 0.3) is 0 Å². The number of para-hydroxylation sites is 1. The Morgan fingerprint density at radius 1 is 1.08 bits per heavy atom. The molecule has 1 heterocycles. The number of allylic oxidation sites excluding steroid dienone is 3. The van der Waals surface area contributed by atoms with Crippen LogP contribution < -0.4 is 10.1 Å². The van der Waals surface area contributed by atoms with Crippen LogP contribution in [0.1, 0.15) is 38.7 Å². The van der Waals surface area contributed by atoms with Crippen LogP contribution in [0.5, 0.6) is 11.5 Å². The fourth-order valence-corrected chi connectivity index (χ4v) is 5.57. The average molecular weight is 536 g/mol. The molecular weight excluding hydrogens is 502 g/mol. The van der Waals surface area contributed by atoms with Gasteiger partial charge in [-0.05, 0) is 54.8 Å². The van der Waals surface area contributed by atoms with Gasteiger partial charge in [0.05, 0.1) is 12.7 Å². The van der Waals surface area contributed by atoms with Gasteiger partial charge in [0.1, 0.15) is 24.0 Å². The molecule has 1 aliphatic heterocycles. The van der Waals surface area contributed by atoms with Crippen LogP contribution in [0.15, 0.2) is 77.1 Å². The lowest BCUT2D eigenvalue weighted by atomic mass is 9.69. The van der Waals surface area contributed by atoms with Crippen LogP contribution in [0.3, 0.4) is 0 Å². The van der Waals surface area contributed by atoms with E-state index in [9.17, 15) is 14.4 Å². The summed E-state index contributed by atoms with van der Waals surface area (Å²) in [6, 6.07) is 16.7. The van der Waals surface area contributed by atoms with Gasteiger partial charge >= 0.3 is 11.9 Å². The molecule has 200 valence electrons. The third-order valence-corrected chi connectivity index (χ3v) is 7.66. The number of thioether (sulfide) groups is 1. The normalized spacial score (nSPS) is 20.9. The predicted molar refractivity (Wildman–Crippen MR) is 147 cm³/mol. The lowest BCUT2D eigenvalue weighted by Gasteiger charge is -2.38. The molecule has 0 saturated heterocycles. The number of hydrogen-bond acceptors (Lipinski definition) is 8. The number of ether oxygens (including phenoxy) is 3. The number of Topliss-reactive ketones (excluding diaryl/α,β-unsaturated/α-hetero) is 1. The van der Waals surface area contributed by atoms with E-state index < -0.39 is 23.8 Å². The van der Waals surface area contributed by atoms with Crippen molar-refractivity contribution in [3.8, 4) is 11.5 Å². The Morgan fingerprint density at radius 2 is 1.82 bits per heavy atom. The van der Waals surface area contributed by atoms with E-state index in [1.807, 2.05) is 75.4 Å². The van der Waals surface area contributed by atoms with Crippen LogP contribution in [-0.4, -0.2) is 42.9 Å². The van der Waals surface area contributed by atoms with E-state index in [1.54, 1.807) is 11.8 Å². The van der Waals surface area contributed by atoms with E-state index in [1.165, 1.54) is 7.11 Å². The molecule has 0 radical (unpaired) electrons. The maximum absolute atomic E-state index is 13.9. The first-order valence-corrected chi connectivity index (χ1v) is 13.9. The van der Waals surface area contributed by atoms with Crippen LogP contribution in [0.25, 0.3) is 0 Å². The number of carbonyl (C=O) groups excluding carboxylic acids is 3. The molecule has 2 aliphatic rings. The van der Waals surface area contributed by atoms with Crippen LogP contribution >= 0.6 is 11.8 Å². The van der Waals surface area contributed by atoms with Gasteiger partial charge in [-0.15, -0.1) is 0 Å². The van der Waals surface area contributed by atoms with Crippen molar-refractivity contribution in [1.29, 1.82) is 0 Å². The lowest BCUT2D eigenvalue weighted by molar-refractivity contribution is -0.151. The molecule has 38 heavy (non-hydrogen) atoms. The van der Waals surface area contributed by atoms with Gasteiger partial charge in [-0.25, -0.2) is 4.79 Å². The molecule has 0 bridgehead atoms. The number of ketones is 1. The van der Waals surface area contributed by atoms with Crippen molar-refractivity contribution in [2.24, 2.45) is 11.8 Å². The van der Waals surface area contributed by atoms with Crippen molar-refractivity contribution in [2.45, 2.75) is 33.1 Å². The van der Waals surface area contributed by atoms with Crippen molar-refractivity contribution < 1.29 is 28.6 Å². The number of methoxy groups -OCH3 is 1. The molecular formula is C30H33NO6S. The summed E-state index contributed by atoms with van der Waals surface area (Å²) in [4.78, 5) is 40.0. The number of hydrogen-bond donors (Lipinski definition) is 1. The van der Waals surface area contributed by atoms with Crippen LogP contribution in [-0.2, 0) is 23.9 Å². The highest BCUT2D eigenvalue weighted by Gasteiger charge is 2.47. The Bertz CT molecular complexity index is 1270. The van der Waals surface area contributed by atoms with Crippen LogP contribution in [0.4, 0.5) is 0 Å². The summed E-state index contributed by atoms with van der Waals surface area (Å²) in [6.45, 7) is 5.99. The number of rotatable bonds is 9. The maximum Gasteiger partial charge on any atom is 0.336 e. The number of esters is 2. The van der Waals surface area contributed by atoms with Crippen molar-refractivity contribution >= 4 is 29.5 Å². The van der Waals surface area contributed by atoms with Gasteiger partial charge in [-0.2, -0.15) is 11.8 Å². The molecule has 0 amide bonds. The molecule has 0 saturated carbocycles. The van der Waals surface area contributed by atoms with Crippen molar-refractivity contribution in [2.75, 3.05) is 25.2 Å². The molecule has 3 atom stereocenters. The zero-order valence-electron chi connectivity index (χ0n) is 22.1. The molecule has 4 rings (SSSR count). The third-order valence-electron chi connectivity index (χ3n) is 6.80. The lowest BCUT2D eigenvalue weighted by Crippen LogP contribution is -2.43. The third kappa shape index (κ3) is 5.80. The standard InChI is InChI=1S/C30H33NO6S/c1-5-38-15-14-36-30(34)25-19(3)31-23-16-18(2)24(29(33)35-4)28(32)27(23)26(25)20-10-9-13-22(17-20)37-21-11-7-6-8-12-21/h6-13,17-18,24,26,31H,5,14-16H2,1-4H3/t18-,24+,26+/m1/s1. The molecule has 2 aromatic rings. The van der Waals surface area contributed by atoms with Crippen molar-refractivity contribution in [1.82, 2.24) is 5.32 Å². The summed E-state index contributed by atoms with van der Waals surface area (Å²) in [5.74, 6) is -0.452. The highest BCUT2D eigenvalue weighted by Crippen LogP contribution is 2.46. The Labute approximate surface area is 227 Å². The summed E-state index contributed by atoms with van der Waals surface area (Å²) in [6.07, 6.45) is 0.477. The second kappa shape index (κ2) is 12.3. The first-order chi connectivity index (χ1) is 18.3. The maximum atomic E-state index is 13.9. The zero-order chi connectivity index (χ0) is 27.2. The molecule has 0 spiro atoms. The van der Waals surface area contributed by atoms with Gasteiger partial charge in [-0.3, -0.25) is 9.59 Å². The summed E-state index contributed by atoms with van der Waals surface area (Å²) in [5, 5.41) is 3.29. The Hall–Kier alpha value is -3.52. The largest absolute Gasteiger partial charge is 0.468 e. The van der Waals surface area contributed by atoms with Crippen LogP contribution in [0, 0.1) is 11.8 Å².